The molecule has 17 heavy (non-hydrogen) atoms. The first-order valence-electron chi connectivity index (χ1n) is 5.05. The second kappa shape index (κ2) is 4.21. The number of nitrogens with zero attached hydrogens (tertiary/aromatic N) is 2. The number of nitro groups is 1. The molecule has 0 aliphatic heterocycles. The average molecular weight is 229 g/mol. The fourth-order valence-corrected chi connectivity index (χ4v) is 1.58. The number of non-ortho nitro benzene ring substituents is 1. The molecule has 0 saturated heterocycles. The van der Waals surface area contributed by atoms with Crippen molar-refractivity contribution in [3.63, 3.8) is 0 Å². The Hall–Kier alpha value is -2.43. The van der Waals surface area contributed by atoms with Crippen molar-refractivity contribution in [2.24, 2.45) is 0 Å². The van der Waals surface area contributed by atoms with E-state index in [4.69, 9.17) is 5.73 Å². The largest absolute Gasteiger partial charge is 0.398 e. The van der Waals surface area contributed by atoms with Gasteiger partial charge >= 0.3 is 0 Å². The summed E-state index contributed by atoms with van der Waals surface area (Å²) >= 11 is 0. The topological polar surface area (TPSA) is 82.0 Å². The van der Waals surface area contributed by atoms with Crippen molar-refractivity contribution in [2.75, 3.05) is 5.73 Å². The molecule has 0 fully saturated rings. The number of pyridine rings is 1. The first-order valence-corrected chi connectivity index (χ1v) is 5.05. The van der Waals surface area contributed by atoms with E-state index in [-0.39, 0.29) is 5.69 Å². The van der Waals surface area contributed by atoms with Crippen LogP contribution in [-0.4, -0.2) is 9.91 Å². The number of nitrogen functional groups attached to an aromatic ring is 1. The normalized spacial score (nSPS) is 10.2. The highest BCUT2D eigenvalue weighted by atomic mass is 16.6. The molecule has 5 heteroatoms. The summed E-state index contributed by atoms with van der Waals surface area (Å²) in [5, 5.41) is 10.5. The Morgan fingerprint density at radius 3 is 2.47 bits per heavy atom. The summed E-state index contributed by atoms with van der Waals surface area (Å²) in [6.45, 7) is 1.87. The van der Waals surface area contributed by atoms with E-state index in [2.05, 4.69) is 4.98 Å². The van der Waals surface area contributed by atoms with E-state index in [0.29, 0.717) is 5.69 Å². The van der Waals surface area contributed by atoms with Crippen LogP contribution in [-0.2, 0) is 0 Å². The van der Waals surface area contributed by atoms with E-state index in [0.717, 1.165) is 16.8 Å². The molecule has 5 nitrogen and oxygen atoms in total. The van der Waals surface area contributed by atoms with Crippen LogP contribution in [0.25, 0.3) is 11.3 Å². The molecule has 2 aromatic rings. The average Bonchev–Trinajstić information content (AvgIpc) is 2.33. The summed E-state index contributed by atoms with van der Waals surface area (Å²) in [5.74, 6) is 0. The van der Waals surface area contributed by atoms with Gasteiger partial charge in [-0.25, -0.2) is 0 Å². The van der Waals surface area contributed by atoms with E-state index in [1.807, 2.05) is 6.92 Å². The van der Waals surface area contributed by atoms with Crippen molar-refractivity contribution in [1.82, 2.24) is 4.98 Å². The molecule has 2 N–H and O–H groups in total. The fourth-order valence-electron chi connectivity index (χ4n) is 1.58. The van der Waals surface area contributed by atoms with Crippen molar-refractivity contribution >= 4 is 11.4 Å². The molecule has 0 aliphatic rings. The second-order valence-electron chi connectivity index (χ2n) is 3.68. The third-order valence-electron chi connectivity index (χ3n) is 2.60. The minimum Gasteiger partial charge on any atom is -0.398 e. The highest BCUT2D eigenvalue weighted by molar-refractivity contribution is 5.69. The third-order valence-corrected chi connectivity index (χ3v) is 2.60. The molecule has 2 rings (SSSR count). The monoisotopic (exact) mass is 229 g/mol. The number of rotatable bonds is 2. The minimum atomic E-state index is -0.427. The molecule has 1 aromatic heterocycles. The lowest BCUT2D eigenvalue weighted by molar-refractivity contribution is -0.384. The fraction of sp³-hybridized carbons (Fsp3) is 0.0833. The van der Waals surface area contributed by atoms with Gasteiger partial charge < -0.3 is 5.73 Å². The van der Waals surface area contributed by atoms with Gasteiger partial charge in [-0.15, -0.1) is 0 Å². The standard InChI is InChI=1S/C12H11N3O2/c1-8-11(13)6-7-14-12(8)9-2-4-10(5-3-9)15(16)17/h2-7H,1H3,(H2,13,14). The molecular weight excluding hydrogens is 218 g/mol. The van der Waals surface area contributed by atoms with Crippen LogP contribution in [0.2, 0.25) is 0 Å². The molecule has 1 heterocycles. The van der Waals surface area contributed by atoms with E-state index < -0.39 is 4.92 Å². The van der Waals surface area contributed by atoms with Gasteiger partial charge in [0.2, 0.25) is 0 Å². The van der Waals surface area contributed by atoms with Crippen LogP contribution in [0.4, 0.5) is 11.4 Å². The lowest BCUT2D eigenvalue weighted by Gasteiger charge is -2.06. The lowest BCUT2D eigenvalue weighted by atomic mass is 10.1. The molecule has 0 atom stereocenters. The number of nitro benzene ring substituents is 1. The maximum atomic E-state index is 10.5. The van der Waals surface area contributed by atoms with Crippen molar-refractivity contribution in [3.8, 4) is 11.3 Å². The Labute approximate surface area is 98.1 Å². The summed E-state index contributed by atoms with van der Waals surface area (Å²) in [6, 6.07) is 7.99. The van der Waals surface area contributed by atoms with Crippen molar-refractivity contribution in [3.05, 3.63) is 52.2 Å². The maximum absolute atomic E-state index is 10.5. The van der Waals surface area contributed by atoms with E-state index in [1.54, 1.807) is 24.4 Å². The van der Waals surface area contributed by atoms with Gasteiger partial charge in [0, 0.05) is 29.6 Å². The SMILES string of the molecule is Cc1c(N)ccnc1-c1ccc([N+](=O)[O-])cc1. The van der Waals surface area contributed by atoms with Crippen molar-refractivity contribution in [1.29, 1.82) is 0 Å². The molecule has 0 saturated carbocycles. The molecule has 0 radical (unpaired) electrons. The van der Waals surface area contributed by atoms with Crippen LogP contribution in [0.1, 0.15) is 5.56 Å². The van der Waals surface area contributed by atoms with E-state index >= 15 is 0 Å². The molecule has 0 amide bonds. The Morgan fingerprint density at radius 1 is 1.24 bits per heavy atom. The second-order valence-corrected chi connectivity index (χ2v) is 3.68. The van der Waals surface area contributed by atoms with Gasteiger partial charge in [0.05, 0.1) is 10.6 Å². The van der Waals surface area contributed by atoms with Crippen LogP contribution in [0.3, 0.4) is 0 Å². The highest BCUT2D eigenvalue weighted by Gasteiger charge is 2.08. The quantitative estimate of drug-likeness (QED) is 0.633. The first-order chi connectivity index (χ1) is 8.09. The van der Waals surface area contributed by atoms with Crippen LogP contribution in [0.5, 0.6) is 0 Å². The Kier molecular flexibility index (Phi) is 2.74. The zero-order chi connectivity index (χ0) is 12.4. The molecule has 0 spiro atoms. The van der Waals surface area contributed by atoms with E-state index in [9.17, 15) is 10.1 Å². The summed E-state index contributed by atoms with van der Waals surface area (Å²) in [6.07, 6.45) is 1.62. The number of aromatic nitrogens is 1. The zero-order valence-electron chi connectivity index (χ0n) is 9.25. The van der Waals surface area contributed by atoms with Crippen LogP contribution in [0, 0.1) is 17.0 Å². The Balaban J connectivity index is 2.47. The molecule has 1 aromatic carbocycles. The minimum absolute atomic E-state index is 0.0651. The maximum Gasteiger partial charge on any atom is 0.269 e. The predicted molar refractivity (Wildman–Crippen MR) is 65.5 cm³/mol. The zero-order valence-corrected chi connectivity index (χ0v) is 9.25. The number of hydrogen-bond donors (Lipinski definition) is 1. The Bertz CT molecular complexity index is 564. The van der Waals surface area contributed by atoms with E-state index in [1.165, 1.54) is 12.1 Å². The molecular formula is C12H11N3O2. The summed E-state index contributed by atoms with van der Waals surface area (Å²) in [4.78, 5) is 14.3. The number of hydrogen-bond acceptors (Lipinski definition) is 4. The van der Waals surface area contributed by atoms with Crippen molar-refractivity contribution < 1.29 is 4.92 Å². The number of benzene rings is 1. The van der Waals surface area contributed by atoms with Gasteiger partial charge in [-0.05, 0) is 30.7 Å². The number of nitrogens with two attached hydrogens (primary N) is 1. The summed E-state index contributed by atoms with van der Waals surface area (Å²) < 4.78 is 0. The molecule has 0 bridgehead atoms. The van der Waals surface area contributed by atoms with Gasteiger partial charge in [0.15, 0.2) is 0 Å². The van der Waals surface area contributed by atoms with Crippen molar-refractivity contribution in [2.45, 2.75) is 6.92 Å². The van der Waals surface area contributed by atoms with Crippen LogP contribution < -0.4 is 5.73 Å². The summed E-state index contributed by atoms with van der Waals surface area (Å²) in [5.41, 5.74) is 8.96. The number of anilines is 1. The first kappa shape index (κ1) is 11.1. The molecule has 0 unspecified atom stereocenters. The van der Waals surface area contributed by atoms with Gasteiger partial charge in [-0.1, -0.05) is 0 Å². The van der Waals surface area contributed by atoms with Gasteiger partial charge in [0.25, 0.3) is 5.69 Å². The highest BCUT2D eigenvalue weighted by Crippen LogP contribution is 2.25. The van der Waals surface area contributed by atoms with Gasteiger partial charge in [-0.2, -0.15) is 0 Å². The molecule has 0 aliphatic carbocycles. The predicted octanol–water partition coefficient (Wildman–Crippen LogP) is 2.55. The third kappa shape index (κ3) is 2.08. The molecule has 86 valence electrons. The summed E-state index contributed by atoms with van der Waals surface area (Å²) in [7, 11) is 0. The van der Waals surface area contributed by atoms with Crippen LogP contribution >= 0.6 is 0 Å². The Morgan fingerprint density at radius 2 is 1.88 bits per heavy atom. The van der Waals surface area contributed by atoms with Crippen LogP contribution in [0.15, 0.2) is 36.5 Å². The van der Waals surface area contributed by atoms with Gasteiger partial charge in [0.1, 0.15) is 0 Å². The van der Waals surface area contributed by atoms with Gasteiger partial charge in [-0.3, -0.25) is 15.1 Å². The lowest BCUT2D eigenvalue weighted by Crippen LogP contribution is -1.95. The smallest absolute Gasteiger partial charge is 0.269 e.